The average Bonchev–Trinajstić information content (AvgIpc) is 3.31. The Bertz CT molecular complexity index is 1010. The third-order valence-electron chi connectivity index (χ3n) is 3.80. The zero-order chi connectivity index (χ0) is 18.8. The van der Waals surface area contributed by atoms with Gasteiger partial charge in [0.1, 0.15) is 12.4 Å². The second-order valence-corrected chi connectivity index (χ2v) is 6.62. The summed E-state index contributed by atoms with van der Waals surface area (Å²) >= 11 is 1.23. The Labute approximate surface area is 157 Å². The molecule has 27 heavy (non-hydrogen) atoms. The highest BCUT2D eigenvalue weighted by molar-refractivity contribution is 7.12. The Morgan fingerprint density at radius 2 is 1.93 bits per heavy atom. The number of carbonyl (C=O) groups excluding carboxylic acids is 1. The van der Waals surface area contributed by atoms with Gasteiger partial charge in [-0.25, -0.2) is 8.78 Å². The summed E-state index contributed by atoms with van der Waals surface area (Å²) in [5.41, 5.74) is 0.999. The number of rotatable bonds is 5. The first-order chi connectivity index (χ1) is 13.1. The normalized spacial score (nSPS) is 12.1. The number of hydrogen-bond donors (Lipinski definition) is 1. The van der Waals surface area contributed by atoms with Crippen LogP contribution in [0.5, 0.6) is 17.2 Å². The lowest BCUT2D eigenvalue weighted by Gasteiger charge is -2.05. The molecule has 2 aromatic carbocycles. The van der Waals surface area contributed by atoms with Gasteiger partial charge in [0.25, 0.3) is 5.91 Å². The molecule has 0 spiro atoms. The van der Waals surface area contributed by atoms with Crippen LogP contribution in [-0.4, -0.2) is 12.7 Å². The Morgan fingerprint density at radius 3 is 2.78 bits per heavy atom. The molecule has 0 fully saturated rings. The molecule has 0 aliphatic carbocycles. The summed E-state index contributed by atoms with van der Waals surface area (Å²) < 4.78 is 42.4. The fourth-order valence-electron chi connectivity index (χ4n) is 2.47. The SMILES string of the molecule is O=C(Nc1ccc(F)c(F)c1)c1cc(COc2ccc3c(c2)OCO3)cs1. The van der Waals surface area contributed by atoms with E-state index in [1.54, 1.807) is 29.6 Å². The molecule has 1 N–H and O–H groups in total. The van der Waals surface area contributed by atoms with Crippen LogP contribution in [0.1, 0.15) is 15.2 Å². The molecular weight excluding hydrogens is 376 g/mol. The van der Waals surface area contributed by atoms with Crippen LogP contribution in [0.25, 0.3) is 0 Å². The summed E-state index contributed by atoms with van der Waals surface area (Å²) in [5, 5.41) is 4.33. The summed E-state index contributed by atoms with van der Waals surface area (Å²) in [6.07, 6.45) is 0. The predicted molar refractivity (Wildman–Crippen MR) is 95.5 cm³/mol. The molecule has 2 heterocycles. The number of fused-ring (bicyclic) bond motifs is 1. The van der Waals surface area contributed by atoms with Crippen LogP contribution in [0.2, 0.25) is 0 Å². The number of anilines is 1. The largest absolute Gasteiger partial charge is 0.489 e. The summed E-state index contributed by atoms with van der Waals surface area (Å²) in [7, 11) is 0. The lowest BCUT2D eigenvalue weighted by Crippen LogP contribution is -2.10. The van der Waals surface area contributed by atoms with Crippen molar-refractivity contribution in [3.8, 4) is 17.2 Å². The molecular formula is C19H13F2NO4S. The van der Waals surface area contributed by atoms with Crippen molar-refractivity contribution in [2.24, 2.45) is 0 Å². The molecule has 0 saturated carbocycles. The topological polar surface area (TPSA) is 56.8 Å². The standard InChI is InChI=1S/C19H13F2NO4S/c20-14-3-1-12(6-15(14)21)22-19(23)18-5-11(9-27-18)8-24-13-2-4-16-17(7-13)26-10-25-16/h1-7,9H,8,10H2,(H,22,23). The van der Waals surface area contributed by atoms with Gasteiger partial charge in [0.2, 0.25) is 6.79 Å². The second-order valence-electron chi connectivity index (χ2n) is 5.71. The number of ether oxygens (including phenoxy) is 3. The first-order valence-corrected chi connectivity index (χ1v) is 8.83. The van der Waals surface area contributed by atoms with E-state index in [0.29, 0.717) is 22.1 Å². The van der Waals surface area contributed by atoms with E-state index in [1.807, 2.05) is 0 Å². The number of carbonyl (C=O) groups is 1. The first kappa shape index (κ1) is 17.3. The Balaban J connectivity index is 1.37. The van der Waals surface area contributed by atoms with Crippen molar-refractivity contribution >= 4 is 22.9 Å². The van der Waals surface area contributed by atoms with E-state index in [9.17, 15) is 13.6 Å². The van der Waals surface area contributed by atoms with Gasteiger partial charge in [0.15, 0.2) is 23.1 Å². The van der Waals surface area contributed by atoms with E-state index in [1.165, 1.54) is 17.4 Å². The molecule has 0 saturated heterocycles. The number of hydrogen-bond acceptors (Lipinski definition) is 5. The van der Waals surface area contributed by atoms with Gasteiger partial charge in [0.05, 0.1) is 4.88 Å². The summed E-state index contributed by atoms with van der Waals surface area (Å²) in [5.74, 6) is -0.457. The second kappa shape index (κ2) is 7.24. The predicted octanol–water partition coefficient (Wildman–Crippen LogP) is 4.59. The molecule has 3 aromatic rings. The van der Waals surface area contributed by atoms with Crippen LogP contribution in [0.15, 0.2) is 47.8 Å². The van der Waals surface area contributed by atoms with Gasteiger partial charge in [0, 0.05) is 23.4 Å². The van der Waals surface area contributed by atoms with Crippen LogP contribution < -0.4 is 19.5 Å². The quantitative estimate of drug-likeness (QED) is 0.694. The van der Waals surface area contributed by atoms with Crippen molar-refractivity contribution in [3.05, 3.63) is 69.9 Å². The van der Waals surface area contributed by atoms with E-state index in [0.717, 1.165) is 17.7 Å². The van der Waals surface area contributed by atoms with Gasteiger partial charge in [-0.3, -0.25) is 4.79 Å². The number of benzene rings is 2. The van der Waals surface area contributed by atoms with Crippen LogP contribution in [0.4, 0.5) is 14.5 Å². The fraction of sp³-hybridized carbons (Fsp3) is 0.105. The van der Waals surface area contributed by atoms with Gasteiger partial charge in [-0.1, -0.05) is 0 Å². The van der Waals surface area contributed by atoms with Crippen molar-refractivity contribution in [3.63, 3.8) is 0 Å². The molecule has 0 unspecified atom stereocenters. The van der Waals surface area contributed by atoms with Crippen LogP contribution in [-0.2, 0) is 6.61 Å². The zero-order valence-electron chi connectivity index (χ0n) is 13.8. The lowest BCUT2D eigenvalue weighted by atomic mass is 10.2. The Hall–Kier alpha value is -3.13. The molecule has 0 bridgehead atoms. The molecule has 8 heteroatoms. The molecule has 1 aromatic heterocycles. The van der Waals surface area contributed by atoms with E-state index < -0.39 is 17.5 Å². The highest BCUT2D eigenvalue weighted by Crippen LogP contribution is 2.35. The number of halogens is 2. The van der Waals surface area contributed by atoms with Crippen molar-refractivity contribution < 1.29 is 27.8 Å². The van der Waals surface area contributed by atoms with E-state index >= 15 is 0 Å². The highest BCUT2D eigenvalue weighted by Gasteiger charge is 2.15. The van der Waals surface area contributed by atoms with Gasteiger partial charge < -0.3 is 19.5 Å². The molecule has 0 radical (unpaired) electrons. The number of thiophene rings is 1. The maximum absolute atomic E-state index is 13.2. The third-order valence-corrected chi connectivity index (χ3v) is 4.78. The minimum atomic E-state index is -1.02. The van der Waals surface area contributed by atoms with Gasteiger partial charge in [-0.15, -0.1) is 11.3 Å². The van der Waals surface area contributed by atoms with E-state index in [4.69, 9.17) is 14.2 Å². The monoisotopic (exact) mass is 389 g/mol. The molecule has 1 amide bonds. The van der Waals surface area contributed by atoms with E-state index in [2.05, 4.69) is 5.32 Å². The first-order valence-electron chi connectivity index (χ1n) is 7.95. The Morgan fingerprint density at radius 1 is 1.07 bits per heavy atom. The fourth-order valence-corrected chi connectivity index (χ4v) is 3.26. The molecule has 5 nitrogen and oxygen atoms in total. The summed E-state index contributed by atoms with van der Waals surface area (Å²) in [6.45, 7) is 0.467. The molecule has 138 valence electrons. The number of amides is 1. The van der Waals surface area contributed by atoms with Crippen LogP contribution >= 0.6 is 11.3 Å². The van der Waals surface area contributed by atoms with Crippen LogP contribution in [0, 0.1) is 11.6 Å². The van der Waals surface area contributed by atoms with Crippen molar-refractivity contribution in [1.29, 1.82) is 0 Å². The van der Waals surface area contributed by atoms with Crippen LogP contribution in [0.3, 0.4) is 0 Å². The van der Waals surface area contributed by atoms with Crippen molar-refractivity contribution in [1.82, 2.24) is 0 Å². The minimum Gasteiger partial charge on any atom is -0.489 e. The lowest BCUT2D eigenvalue weighted by molar-refractivity contribution is 0.103. The van der Waals surface area contributed by atoms with Gasteiger partial charge in [-0.05, 0) is 35.7 Å². The molecule has 4 rings (SSSR count). The Kier molecular flexibility index (Phi) is 4.64. The minimum absolute atomic E-state index is 0.186. The highest BCUT2D eigenvalue weighted by atomic mass is 32.1. The average molecular weight is 389 g/mol. The van der Waals surface area contributed by atoms with Gasteiger partial charge in [-0.2, -0.15) is 0 Å². The summed E-state index contributed by atoms with van der Waals surface area (Å²) in [4.78, 5) is 12.7. The molecule has 1 aliphatic rings. The molecule has 1 aliphatic heterocycles. The van der Waals surface area contributed by atoms with Crippen molar-refractivity contribution in [2.75, 3.05) is 12.1 Å². The smallest absolute Gasteiger partial charge is 0.265 e. The zero-order valence-corrected chi connectivity index (χ0v) is 14.6. The molecule has 0 atom stereocenters. The third kappa shape index (κ3) is 3.85. The summed E-state index contributed by atoms with van der Waals surface area (Å²) in [6, 6.07) is 10.2. The maximum Gasteiger partial charge on any atom is 0.265 e. The van der Waals surface area contributed by atoms with Crippen molar-refractivity contribution in [2.45, 2.75) is 6.61 Å². The maximum atomic E-state index is 13.2. The number of nitrogens with one attached hydrogen (secondary N) is 1. The van der Waals surface area contributed by atoms with Gasteiger partial charge >= 0.3 is 0 Å². The van der Waals surface area contributed by atoms with E-state index in [-0.39, 0.29) is 19.1 Å².